The van der Waals surface area contributed by atoms with Crippen molar-refractivity contribution in [2.45, 2.75) is 19.3 Å². The van der Waals surface area contributed by atoms with E-state index in [4.69, 9.17) is 5.73 Å². The highest BCUT2D eigenvalue weighted by Crippen LogP contribution is 2.24. The third-order valence-corrected chi connectivity index (χ3v) is 3.17. The van der Waals surface area contributed by atoms with Crippen LogP contribution < -0.4 is 5.73 Å². The van der Waals surface area contributed by atoms with Crippen molar-refractivity contribution >= 4 is 5.78 Å². The number of benzene rings is 2. The van der Waals surface area contributed by atoms with Gasteiger partial charge in [-0.15, -0.1) is 0 Å². The van der Waals surface area contributed by atoms with Crippen molar-refractivity contribution in [2.75, 3.05) is 6.54 Å². The zero-order valence-electron chi connectivity index (χ0n) is 11.0. The molecule has 0 aliphatic carbocycles. The van der Waals surface area contributed by atoms with Crippen molar-refractivity contribution in [1.82, 2.24) is 0 Å². The normalized spacial score (nSPS) is 10.4. The minimum atomic E-state index is 0.202. The summed E-state index contributed by atoms with van der Waals surface area (Å²) in [5.74, 6) is 0.202. The van der Waals surface area contributed by atoms with Gasteiger partial charge in [-0.1, -0.05) is 54.6 Å². The number of unbranched alkanes of at least 4 members (excludes halogenated alkanes) is 1. The summed E-state index contributed by atoms with van der Waals surface area (Å²) in [7, 11) is 0. The molecule has 0 bridgehead atoms. The summed E-state index contributed by atoms with van der Waals surface area (Å²) in [6.45, 7) is 0.646. The molecule has 2 rings (SSSR count). The van der Waals surface area contributed by atoms with Crippen LogP contribution in [0.2, 0.25) is 0 Å². The van der Waals surface area contributed by atoms with Crippen LogP contribution in [0.4, 0.5) is 0 Å². The molecule has 0 amide bonds. The maximum atomic E-state index is 12.3. The Bertz CT molecular complexity index is 534. The quantitative estimate of drug-likeness (QED) is 0.630. The van der Waals surface area contributed by atoms with Crippen LogP contribution in [0.5, 0.6) is 0 Å². The Balaban J connectivity index is 2.24. The first-order chi connectivity index (χ1) is 9.33. The molecular formula is C17H19NO. The molecule has 2 heteroatoms. The summed E-state index contributed by atoms with van der Waals surface area (Å²) in [6, 6.07) is 17.8. The minimum Gasteiger partial charge on any atom is -0.330 e. The van der Waals surface area contributed by atoms with E-state index in [9.17, 15) is 4.79 Å². The average Bonchev–Trinajstić information content (AvgIpc) is 2.48. The molecular weight excluding hydrogens is 234 g/mol. The SMILES string of the molecule is NCCCCC(=O)c1ccccc1-c1ccccc1. The third kappa shape index (κ3) is 3.52. The Morgan fingerprint density at radius 3 is 2.32 bits per heavy atom. The van der Waals surface area contributed by atoms with E-state index in [1.54, 1.807) is 0 Å². The number of ketones is 1. The minimum absolute atomic E-state index is 0.202. The standard InChI is InChI=1S/C17H19NO/c18-13-7-6-12-17(19)16-11-5-4-10-15(16)14-8-2-1-3-9-14/h1-5,8-11H,6-7,12-13,18H2. The third-order valence-electron chi connectivity index (χ3n) is 3.17. The molecule has 98 valence electrons. The van der Waals surface area contributed by atoms with Crippen LogP contribution in [0.25, 0.3) is 11.1 Å². The highest BCUT2D eigenvalue weighted by molar-refractivity contribution is 6.02. The predicted octanol–water partition coefficient (Wildman–Crippen LogP) is 3.67. The molecule has 2 aromatic rings. The van der Waals surface area contributed by atoms with Gasteiger partial charge in [-0.3, -0.25) is 4.79 Å². The average molecular weight is 253 g/mol. The zero-order valence-corrected chi connectivity index (χ0v) is 11.0. The number of rotatable bonds is 6. The molecule has 19 heavy (non-hydrogen) atoms. The first kappa shape index (κ1) is 13.5. The van der Waals surface area contributed by atoms with Gasteiger partial charge in [0.15, 0.2) is 5.78 Å². The number of hydrogen-bond acceptors (Lipinski definition) is 2. The topological polar surface area (TPSA) is 43.1 Å². The number of hydrogen-bond donors (Lipinski definition) is 1. The van der Waals surface area contributed by atoms with E-state index in [0.29, 0.717) is 13.0 Å². The molecule has 0 aliphatic heterocycles. The fourth-order valence-electron chi connectivity index (χ4n) is 2.16. The second-order valence-electron chi connectivity index (χ2n) is 4.58. The second kappa shape index (κ2) is 6.86. The number of Topliss-reactive ketones (excluding diaryl/α,β-unsaturated/α-hetero) is 1. The molecule has 2 nitrogen and oxygen atoms in total. The molecule has 0 heterocycles. The lowest BCUT2D eigenvalue weighted by atomic mass is 9.95. The summed E-state index contributed by atoms with van der Waals surface area (Å²) in [6.07, 6.45) is 2.33. The van der Waals surface area contributed by atoms with Crippen LogP contribution in [0.1, 0.15) is 29.6 Å². The van der Waals surface area contributed by atoms with Gasteiger partial charge < -0.3 is 5.73 Å². The van der Waals surface area contributed by atoms with Crippen LogP contribution in [-0.4, -0.2) is 12.3 Å². The molecule has 0 fully saturated rings. The van der Waals surface area contributed by atoms with Gasteiger partial charge in [0.1, 0.15) is 0 Å². The summed E-state index contributed by atoms with van der Waals surface area (Å²) in [5, 5.41) is 0. The largest absolute Gasteiger partial charge is 0.330 e. The smallest absolute Gasteiger partial charge is 0.163 e. The summed E-state index contributed by atoms with van der Waals surface area (Å²) in [4.78, 5) is 12.3. The number of carbonyl (C=O) groups excluding carboxylic acids is 1. The van der Waals surface area contributed by atoms with Gasteiger partial charge >= 0.3 is 0 Å². The molecule has 0 saturated heterocycles. The second-order valence-corrected chi connectivity index (χ2v) is 4.58. The predicted molar refractivity (Wildman–Crippen MR) is 79.1 cm³/mol. The first-order valence-electron chi connectivity index (χ1n) is 6.70. The summed E-state index contributed by atoms with van der Waals surface area (Å²) in [5.41, 5.74) is 8.38. The van der Waals surface area contributed by atoms with E-state index in [1.165, 1.54) is 0 Å². The molecule has 0 aliphatic rings. The highest BCUT2D eigenvalue weighted by atomic mass is 16.1. The van der Waals surface area contributed by atoms with Crippen molar-refractivity contribution in [2.24, 2.45) is 5.73 Å². The fraction of sp³-hybridized carbons (Fsp3) is 0.235. The van der Waals surface area contributed by atoms with E-state index < -0.39 is 0 Å². The van der Waals surface area contributed by atoms with Crippen LogP contribution >= 0.6 is 0 Å². The van der Waals surface area contributed by atoms with Crippen LogP contribution in [0.3, 0.4) is 0 Å². The zero-order chi connectivity index (χ0) is 13.5. The summed E-state index contributed by atoms with van der Waals surface area (Å²) < 4.78 is 0. The number of nitrogens with two attached hydrogens (primary N) is 1. The molecule has 0 atom stereocenters. The van der Waals surface area contributed by atoms with Gasteiger partial charge in [-0.25, -0.2) is 0 Å². The molecule has 0 unspecified atom stereocenters. The Hall–Kier alpha value is -1.93. The van der Waals surface area contributed by atoms with Crippen LogP contribution in [0, 0.1) is 0 Å². The van der Waals surface area contributed by atoms with Crippen molar-refractivity contribution in [3.05, 3.63) is 60.2 Å². The Kier molecular flexibility index (Phi) is 4.87. The van der Waals surface area contributed by atoms with E-state index in [1.807, 2.05) is 54.6 Å². The first-order valence-corrected chi connectivity index (χ1v) is 6.70. The van der Waals surface area contributed by atoms with E-state index >= 15 is 0 Å². The van der Waals surface area contributed by atoms with Crippen molar-refractivity contribution in [3.63, 3.8) is 0 Å². The van der Waals surface area contributed by atoms with Gasteiger partial charge in [-0.05, 0) is 30.5 Å². The molecule has 0 aromatic heterocycles. The maximum Gasteiger partial charge on any atom is 0.163 e. The Labute approximate surface area is 114 Å². The lowest BCUT2D eigenvalue weighted by Gasteiger charge is -2.08. The molecule has 0 spiro atoms. The van der Waals surface area contributed by atoms with Crippen LogP contribution in [-0.2, 0) is 0 Å². The van der Waals surface area contributed by atoms with Crippen molar-refractivity contribution in [3.8, 4) is 11.1 Å². The molecule has 2 aromatic carbocycles. The molecule has 2 N–H and O–H groups in total. The lowest BCUT2D eigenvalue weighted by molar-refractivity contribution is 0.0980. The van der Waals surface area contributed by atoms with Gasteiger partial charge in [0.2, 0.25) is 0 Å². The Morgan fingerprint density at radius 2 is 1.58 bits per heavy atom. The fourth-order valence-corrected chi connectivity index (χ4v) is 2.16. The van der Waals surface area contributed by atoms with Crippen LogP contribution in [0.15, 0.2) is 54.6 Å². The van der Waals surface area contributed by atoms with E-state index in [0.717, 1.165) is 29.5 Å². The highest BCUT2D eigenvalue weighted by Gasteiger charge is 2.11. The summed E-state index contributed by atoms with van der Waals surface area (Å²) >= 11 is 0. The van der Waals surface area contributed by atoms with Crippen molar-refractivity contribution in [1.29, 1.82) is 0 Å². The Morgan fingerprint density at radius 1 is 0.895 bits per heavy atom. The van der Waals surface area contributed by atoms with Gasteiger partial charge in [0, 0.05) is 12.0 Å². The van der Waals surface area contributed by atoms with E-state index in [2.05, 4.69) is 0 Å². The van der Waals surface area contributed by atoms with Gasteiger partial charge in [0.05, 0.1) is 0 Å². The maximum absolute atomic E-state index is 12.3. The van der Waals surface area contributed by atoms with Crippen molar-refractivity contribution < 1.29 is 4.79 Å². The molecule has 0 saturated carbocycles. The van der Waals surface area contributed by atoms with Gasteiger partial charge in [-0.2, -0.15) is 0 Å². The molecule has 0 radical (unpaired) electrons. The number of carbonyl (C=O) groups is 1. The van der Waals surface area contributed by atoms with E-state index in [-0.39, 0.29) is 5.78 Å². The van der Waals surface area contributed by atoms with Gasteiger partial charge in [0.25, 0.3) is 0 Å². The lowest BCUT2D eigenvalue weighted by Crippen LogP contribution is -2.04. The monoisotopic (exact) mass is 253 g/mol.